The Labute approximate surface area is 221 Å². The van der Waals surface area contributed by atoms with Gasteiger partial charge >= 0.3 is 0 Å². The number of pyridine rings is 3. The van der Waals surface area contributed by atoms with Gasteiger partial charge in [0.2, 0.25) is 5.88 Å². The number of anilines is 1. The molecular formula is C27H29N7O3S. The lowest BCUT2D eigenvalue weighted by molar-refractivity contribution is 0.105. The maximum atomic E-state index is 13.3. The number of aliphatic hydroxyl groups is 1. The van der Waals surface area contributed by atoms with Crippen LogP contribution in [0.5, 0.6) is 5.88 Å². The second-order valence-electron chi connectivity index (χ2n) is 10.1. The lowest BCUT2D eigenvalue weighted by Gasteiger charge is -2.32. The first-order chi connectivity index (χ1) is 18.1. The number of nitrogens with one attached hydrogen (secondary N) is 1. The largest absolute Gasteiger partial charge is 0.474 e. The summed E-state index contributed by atoms with van der Waals surface area (Å²) in [5, 5.41) is 24.1. The van der Waals surface area contributed by atoms with Crippen LogP contribution in [0.2, 0.25) is 0 Å². The summed E-state index contributed by atoms with van der Waals surface area (Å²) in [6.45, 7) is 4.64. The molecule has 196 valence electrons. The molecule has 38 heavy (non-hydrogen) atoms. The van der Waals surface area contributed by atoms with Crippen molar-refractivity contribution in [2.75, 3.05) is 23.7 Å². The van der Waals surface area contributed by atoms with E-state index in [2.05, 4.69) is 26.0 Å². The smallest absolute Gasteiger partial charge is 0.213 e. The van der Waals surface area contributed by atoms with Gasteiger partial charge in [-0.15, -0.1) is 0 Å². The average Bonchev–Trinajstić information content (AvgIpc) is 3.31. The van der Waals surface area contributed by atoms with Crippen LogP contribution in [-0.2, 0) is 9.73 Å². The fourth-order valence-electron chi connectivity index (χ4n) is 4.68. The van der Waals surface area contributed by atoms with Crippen molar-refractivity contribution in [3.05, 3.63) is 66.7 Å². The Kier molecular flexibility index (Phi) is 6.77. The fourth-order valence-corrected chi connectivity index (χ4v) is 6.42. The van der Waals surface area contributed by atoms with E-state index in [1.165, 1.54) is 30.8 Å². The van der Waals surface area contributed by atoms with Gasteiger partial charge in [-0.25, -0.2) is 23.5 Å². The van der Waals surface area contributed by atoms with Crippen LogP contribution in [0.4, 0.5) is 5.82 Å². The van der Waals surface area contributed by atoms with Crippen LogP contribution in [0.25, 0.3) is 16.6 Å². The summed E-state index contributed by atoms with van der Waals surface area (Å²) in [7, 11) is -3.33. The summed E-state index contributed by atoms with van der Waals surface area (Å²) in [6.07, 6.45) is 8.20. The third-order valence-electron chi connectivity index (χ3n) is 6.39. The first kappa shape index (κ1) is 25.6. The molecule has 1 aliphatic rings. The third kappa shape index (κ3) is 5.46. The Morgan fingerprint density at radius 3 is 2.63 bits per heavy atom. The summed E-state index contributed by atoms with van der Waals surface area (Å²) in [6, 6.07) is 13.3. The van der Waals surface area contributed by atoms with Crippen LogP contribution in [0, 0.1) is 16.1 Å². The topological polar surface area (TPSA) is 140 Å². The van der Waals surface area contributed by atoms with E-state index < -0.39 is 15.3 Å². The van der Waals surface area contributed by atoms with E-state index in [0.29, 0.717) is 28.1 Å². The predicted molar refractivity (Wildman–Crippen MR) is 144 cm³/mol. The van der Waals surface area contributed by atoms with Crippen LogP contribution in [0.1, 0.15) is 32.3 Å². The van der Waals surface area contributed by atoms with Crippen molar-refractivity contribution in [3.63, 3.8) is 0 Å². The Balaban J connectivity index is 1.40. The van der Waals surface area contributed by atoms with Gasteiger partial charge in [0.25, 0.3) is 0 Å². The molecule has 0 radical (unpaired) electrons. The molecule has 1 unspecified atom stereocenters. The maximum Gasteiger partial charge on any atom is 0.213 e. The number of hydrogen-bond donors (Lipinski definition) is 2. The van der Waals surface area contributed by atoms with Crippen LogP contribution in [0.3, 0.4) is 0 Å². The minimum absolute atomic E-state index is 0.103. The summed E-state index contributed by atoms with van der Waals surface area (Å²) in [4.78, 5) is 11.4. The molecule has 1 saturated heterocycles. The molecule has 0 amide bonds. The lowest BCUT2D eigenvalue weighted by atomic mass is 10.0. The Bertz CT molecular complexity index is 1580. The SMILES string of the molecule is CC(C)(O)CS(=N)(=O)c1cc(-c2ccc(N3CCC(Oc4ccccn4)CC3)nc2)c2c(C#N)cnn2c1. The van der Waals surface area contributed by atoms with E-state index >= 15 is 0 Å². The normalized spacial score (nSPS) is 16.2. The molecule has 11 heteroatoms. The first-order valence-electron chi connectivity index (χ1n) is 12.3. The standard InChI is InChI=1S/C27H29N7O3S/c1-27(2,35)18-38(29,36)22-13-23(26-20(14-28)16-32-34(26)17-22)19-6-7-24(31-15-19)33-11-8-21(9-12-33)37-25-5-3-4-10-30-25/h3-7,10,13,15-17,21,29,35H,8-9,11-12,18H2,1-2H3. The zero-order valence-electron chi connectivity index (χ0n) is 21.2. The van der Waals surface area contributed by atoms with Crippen LogP contribution in [-0.4, -0.2) is 59.4 Å². The molecular weight excluding hydrogens is 502 g/mol. The van der Waals surface area contributed by atoms with Gasteiger partial charge in [0.15, 0.2) is 0 Å². The molecule has 0 aromatic carbocycles. The zero-order valence-corrected chi connectivity index (χ0v) is 22.1. The summed E-state index contributed by atoms with van der Waals surface area (Å²) in [5.74, 6) is 1.24. The summed E-state index contributed by atoms with van der Waals surface area (Å²) >= 11 is 0. The van der Waals surface area contributed by atoms with E-state index in [0.717, 1.165) is 31.7 Å². The Morgan fingerprint density at radius 2 is 2.00 bits per heavy atom. The molecule has 0 saturated carbocycles. The number of fused-ring (bicyclic) bond motifs is 1. The van der Waals surface area contributed by atoms with Crippen LogP contribution in [0.15, 0.2) is 66.1 Å². The number of nitriles is 1. The van der Waals surface area contributed by atoms with Gasteiger partial charge < -0.3 is 14.7 Å². The highest BCUT2D eigenvalue weighted by Crippen LogP contribution is 2.32. The van der Waals surface area contributed by atoms with E-state index in [1.807, 2.05) is 30.3 Å². The van der Waals surface area contributed by atoms with Gasteiger partial charge in [0.05, 0.1) is 43.3 Å². The number of hydrogen-bond acceptors (Lipinski definition) is 9. The third-order valence-corrected chi connectivity index (χ3v) is 8.49. The first-order valence-corrected chi connectivity index (χ1v) is 14.1. The molecule has 0 aliphatic carbocycles. The fraction of sp³-hybridized carbons (Fsp3) is 0.333. The van der Waals surface area contributed by atoms with Crippen molar-refractivity contribution < 1.29 is 14.1 Å². The molecule has 1 atom stereocenters. The molecule has 2 N–H and O–H groups in total. The Hall–Kier alpha value is -4.01. The molecule has 4 aromatic heterocycles. The van der Waals surface area contributed by atoms with E-state index in [4.69, 9.17) is 9.52 Å². The molecule has 5 heterocycles. The van der Waals surface area contributed by atoms with E-state index in [-0.39, 0.29) is 16.8 Å². The highest BCUT2D eigenvalue weighted by molar-refractivity contribution is 7.92. The monoisotopic (exact) mass is 531 g/mol. The van der Waals surface area contributed by atoms with Crippen molar-refractivity contribution in [1.82, 2.24) is 19.6 Å². The van der Waals surface area contributed by atoms with E-state index in [1.54, 1.807) is 18.5 Å². The highest BCUT2D eigenvalue weighted by atomic mass is 32.2. The van der Waals surface area contributed by atoms with Crippen molar-refractivity contribution in [2.45, 2.75) is 43.3 Å². The average molecular weight is 532 g/mol. The number of aromatic nitrogens is 4. The lowest BCUT2D eigenvalue weighted by Crippen LogP contribution is -2.38. The summed E-state index contributed by atoms with van der Waals surface area (Å²) < 4.78 is 29.2. The quantitative estimate of drug-likeness (QED) is 0.366. The zero-order chi connectivity index (χ0) is 26.9. The van der Waals surface area contributed by atoms with Gasteiger partial charge in [-0.1, -0.05) is 6.07 Å². The maximum absolute atomic E-state index is 13.3. The van der Waals surface area contributed by atoms with Gasteiger partial charge in [-0.2, -0.15) is 10.4 Å². The molecule has 0 bridgehead atoms. The van der Waals surface area contributed by atoms with Gasteiger partial charge in [-0.05, 0) is 38.1 Å². The summed E-state index contributed by atoms with van der Waals surface area (Å²) in [5.41, 5.74) is 0.953. The van der Waals surface area contributed by atoms with Crippen molar-refractivity contribution >= 4 is 21.1 Å². The number of piperidine rings is 1. The number of rotatable bonds is 7. The minimum Gasteiger partial charge on any atom is -0.474 e. The molecule has 1 fully saturated rings. The molecule has 1 aliphatic heterocycles. The molecule has 0 spiro atoms. The second-order valence-corrected chi connectivity index (χ2v) is 12.2. The number of nitrogens with zero attached hydrogens (tertiary/aromatic N) is 6. The van der Waals surface area contributed by atoms with E-state index in [9.17, 15) is 14.6 Å². The molecule has 4 aromatic rings. The van der Waals surface area contributed by atoms with Crippen LogP contribution >= 0.6 is 0 Å². The van der Waals surface area contributed by atoms with Crippen molar-refractivity contribution in [3.8, 4) is 23.1 Å². The predicted octanol–water partition coefficient (Wildman–Crippen LogP) is 3.89. The second kappa shape index (κ2) is 10.0. The number of ether oxygens (including phenoxy) is 1. The van der Waals surface area contributed by atoms with Crippen molar-refractivity contribution in [1.29, 1.82) is 10.0 Å². The van der Waals surface area contributed by atoms with Gasteiger partial charge in [0.1, 0.15) is 18.0 Å². The van der Waals surface area contributed by atoms with Crippen LogP contribution < -0.4 is 9.64 Å². The molecule has 10 nitrogen and oxygen atoms in total. The van der Waals surface area contributed by atoms with Crippen molar-refractivity contribution in [2.24, 2.45) is 0 Å². The molecule has 5 rings (SSSR count). The Morgan fingerprint density at radius 1 is 1.21 bits per heavy atom. The highest BCUT2D eigenvalue weighted by Gasteiger charge is 2.25. The van der Waals surface area contributed by atoms with Gasteiger partial charge in [0, 0.05) is 61.7 Å². The van der Waals surface area contributed by atoms with Gasteiger partial charge in [-0.3, -0.25) is 0 Å². The minimum atomic E-state index is -3.33.